The minimum Gasteiger partial charge on any atom is -0.480 e. The number of nitrogens with zero attached hydrogens (tertiary/aromatic N) is 1. The molecule has 0 saturated carbocycles. The Kier molecular flexibility index (Phi) is 4.00. The molecule has 1 aromatic heterocycles. The van der Waals surface area contributed by atoms with Crippen molar-refractivity contribution in [3.63, 3.8) is 0 Å². The monoisotopic (exact) mass is 303 g/mol. The van der Waals surface area contributed by atoms with Gasteiger partial charge < -0.3 is 5.11 Å². The number of hydrogen-bond donors (Lipinski definition) is 1. The minimum atomic E-state index is -0.685. The second-order valence-corrected chi connectivity index (χ2v) is 6.57. The van der Waals surface area contributed by atoms with E-state index in [2.05, 4.69) is 26.9 Å². The van der Waals surface area contributed by atoms with E-state index in [1.165, 1.54) is 4.88 Å². The molecular weight excluding hydrogens is 290 g/mol. The summed E-state index contributed by atoms with van der Waals surface area (Å²) in [7, 11) is 0. The van der Waals surface area contributed by atoms with E-state index in [0.29, 0.717) is 0 Å². The number of piperidine rings is 1. The number of likely N-dealkylation sites (tertiary alicyclic amines) is 1. The van der Waals surface area contributed by atoms with E-state index in [9.17, 15) is 4.79 Å². The van der Waals surface area contributed by atoms with Crippen LogP contribution in [-0.2, 0) is 11.3 Å². The van der Waals surface area contributed by atoms with E-state index < -0.39 is 5.97 Å². The topological polar surface area (TPSA) is 40.5 Å². The van der Waals surface area contributed by atoms with Crippen LogP contribution in [0.2, 0.25) is 0 Å². The van der Waals surface area contributed by atoms with Crippen molar-refractivity contribution in [3.05, 3.63) is 20.8 Å². The van der Waals surface area contributed by atoms with E-state index in [0.717, 1.165) is 36.1 Å². The Morgan fingerprint density at radius 1 is 1.56 bits per heavy atom. The third-order valence-electron chi connectivity index (χ3n) is 2.89. The quantitative estimate of drug-likeness (QED) is 0.933. The molecule has 2 heterocycles. The van der Waals surface area contributed by atoms with E-state index >= 15 is 0 Å². The van der Waals surface area contributed by atoms with Crippen LogP contribution < -0.4 is 0 Å². The second kappa shape index (κ2) is 5.29. The molecule has 2 rings (SSSR count). The molecule has 1 aliphatic heterocycles. The highest BCUT2D eigenvalue weighted by Crippen LogP contribution is 2.26. The van der Waals surface area contributed by atoms with Gasteiger partial charge in [0.1, 0.15) is 6.04 Å². The summed E-state index contributed by atoms with van der Waals surface area (Å²) < 4.78 is 1.10. The first-order valence-electron chi connectivity index (χ1n) is 5.38. The van der Waals surface area contributed by atoms with Crippen LogP contribution in [0.5, 0.6) is 0 Å². The number of carboxylic acids is 1. The molecule has 0 aliphatic carbocycles. The summed E-state index contributed by atoms with van der Waals surface area (Å²) in [6.45, 7) is 1.65. The van der Waals surface area contributed by atoms with Crippen LogP contribution in [0.15, 0.2) is 15.9 Å². The van der Waals surface area contributed by atoms with Gasteiger partial charge >= 0.3 is 5.97 Å². The molecule has 1 N–H and O–H groups in total. The lowest BCUT2D eigenvalue weighted by Crippen LogP contribution is -2.43. The maximum absolute atomic E-state index is 11.1. The van der Waals surface area contributed by atoms with Gasteiger partial charge in [0, 0.05) is 11.4 Å². The number of carboxylic acid groups (broad SMARTS) is 1. The standard InChI is InChI=1S/C11H14BrNO2S/c12-10-5-4-8(16-10)7-13-6-2-1-3-9(13)11(14)15/h4-5,9H,1-3,6-7H2,(H,14,15)/t9-/m0/s1. The number of thiophene rings is 1. The van der Waals surface area contributed by atoms with Crippen molar-refractivity contribution in [2.75, 3.05) is 6.54 Å². The van der Waals surface area contributed by atoms with Crippen molar-refractivity contribution >= 4 is 33.2 Å². The van der Waals surface area contributed by atoms with Gasteiger partial charge in [0.15, 0.2) is 0 Å². The highest BCUT2D eigenvalue weighted by Gasteiger charge is 2.28. The maximum atomic E-state index is 11.1. The Bertz CT molecular complexity index is 380. The number of carbonyl (C=O) groups is 1. The molecule has 1 aliphatic rings. The van der Waals surface area contributed by atoms with Gasteiger partial charge in [-0.3, -0.25) is 9.69 Å². The first-order chi connectivity index (χ1) is 7.66. The van der Waals surface area contributed by atoms with Crippen LogP contribution in [0.3, 0.4) is 0 Å². The normalized spacial score (nSPS) is 22.2. The Hall–Kier alpha value is -0.390. The molecule has 0 bridgehead atoms. The Balaban J connectivity index is 2.03. The van der Waals surface area contributed by atoms with Gasteiger partial charge in [-0.2, -0.15) is 0 Å². The van der Waals surface area contributed by atoms with Crippen molar-refractivity contribution in [1.82, 2.24) is 4.90 Å². The second-order valence-electron chi connectivity index (χ2n) is 4.03. The zero-order chi connectivity index (χ0) is 11.5. The Morgan fingerprint density at radius 3 is 3.00 bits per heavy atom. The molecule has 1 saturated heterocycles. The van der Waals surface area contributed by atoms with E-state index in [1.54, 1.807) is 11.3 Å². The first-order valence-corrected chi connectivity index (χ1v) is 6.99. The molecule has 1 atom stereocenters. The maximum Gasteiger partial charge on any atom is 0.320 e. The number of rotatable bonds is 3. The molecule has 0 radical (unpaired) electrons. The Morgan fingerprint density at radius 2 is 2.38 bits per heavy atom. The molecule has 0 amide bonds. The lowest BCUT2D eigenvalue weighted by Gasteiger charge is -2.32. The molecule has 3 nitrogen and oxygen atoms in total. The van der Waals surface area contributed by atoms with E-state index in [-0.39, 0.29) is 6.04 Å². The largest absolute Gasteiger partial charge is 0.480 e. The predicted molar refractivity (Wildman–Crippen MR) is 67.7 cm³/mol. The summed E-state index contributed by atoms with van der Waals surface area (Å²) in [5.41, 5.74) is 0. The van der Waals surface area contributed by atoms with Gasteiger partial charge in [0.2, 0.25) is 0 Å². The molecule has 0 spiro atoms. The summed E-state index contributed by atoms with van der Waals surface area (Å²) in [6.07, 6.45) is 2.92. The van der Waals surface area contributed by atoms with E-state index in [1.807, 2.05) is 6.07 Å². The van der Waals surface area contributed by atoms with Crippen LogP contribution >= 0.6 is 27.3 Å². The third-order valence-corrected chi connectivity index (χ3v) is 4.49. The van der Waals surface area contributed by atoms with E-state index in [4.69, 9.17) is 5.11 Å². The molecule has 5 heteroatoms. The zero-order valence-electron chi connectivity index (χ0n) is 8.86. The predicted octanol–water partition coefficient (Wildman–Crippen LogP) is 2.95. The zero-order valence-corrected chi connectivity index (χ0v) is 11.3. The number of aliphatic carboxylic acids is 1. The van der Waals surface area contributed by atoms with Crippen molar-refractivity contribution in [2.45, 2.75) is 31.8 Å². The van der Waals surface area contributed by atoms with Crippen molar-refractivity contribution in [2.24, 2.45) is 0 Å². The van der Waals surface area contributed by atoms with Crippen molar-refractivity contribution < 1.29 is 9.90 Å². The van der Waals surface area contributed by atoms with Gasteiger partial charge in [-0.05, 0) is 47.4 Å². The lowest BCUT2D eigenvalue weighted by molar-refractivity contribution is -0.144. The SMILES string of the molecule is O=C(O)[C@@H]1CCCCN1Cc1ccc(Br)s1. The molecule has 1 aromatic rings. The smallest absolute Gasteiger partial charge is 0.320 e. The van der Waals surface area contributed by atoms with Crippen LogP contribution in [0.1, 0.15) is 24.1 Å². The van der Waals surface area contributed by atoms with Gasteiger partial charge in [-0.15, -0.1) is 11.3 Å². The molecule has 88 valence electrons. The average molecular weight is 304 g/mol. The van der Waals surface area contributed by atoms with Gasteiger partial charge in [0.05, 0.1) is 3.79 Å². The lowest BCUT2D eigenvalue weighted by atomic mass is 10.0. The Labute approximate surface area is 107 Å². The van der Waals surface area contributed by atoms with Crippen LogP contribution in [0, 0.1) is 0 Å². The number of hydrogen-bond acceptors (Lipinski definition) is 3. The molecule has 1 fully saturated rings. The van der Waals surface area contributed by atoms with Crippen LogP contribution in [0.4, 0.5) is 0 Å². The first kappa shape index (κ1) is 12.1. The summed E-state index contributed by atoms with van der Waals surface area (Å²) in [6, 6.07) is 3.77. The molecule has 16 heavy (non-hydrogen) atoms. The number of halogens is 1. The van der Waals surface area contributed by atoms with Crippen LogP contribution in [0.25, 0.3) is 0 Å². The molecule has 0 aromatic carbocycles. The fourth-order valence-corrected chi connectivity index (χ4v) is 3.61. The fraction of sp³-hybridized carbons (Fsp3) is 0.545. The third kappa shape index (κ3) is 2.84. The highest BCUT2D eigenvalue weighted by atomic mass is 79.9. The van der Waals surface area contributed by atoms with Gasteiger partial charge in [-0.25, -0.2) is 0 Å². The minimum absolute atomic E-state index is 0.297. The highest BCUT2D eigenvalue weighted by molar-refractivity contribution is 9.11. The molecule has 0 unspecified atom stereocenters. The summed E-state index contributed by atoms with van der Waals surface area (Å²) in [4.78, 5) is 14.4. The van der Waals surface area contributed by atoms with Crippen molar-refractivity contribution in [1.29, 1.82) is 0 Å². The molecular formula is C11H14BrNO2S. The average Bonchev–Trinajstić information content (AvgIpc) is 2.64. The van der Waals surface area contributed by atoms with Crippen molar-refractivity contribution in [3.8, 4) is 0 Å². The summed E-state index contributed by atoms with van der Waals surface area (Å²) >= 11 is 5.10. The summed E-state index contributed by atoms with van der Waals surface area (Å²) in [5.74, 6) is -0.685. The fourth-order valence-electron chi connectivity index (χ4n) is 2.10. The van der Waals surface area contributed by atoms with Gasteiger partial charge in [0.25, 0.3) is 0 Å². The van der Waals surface area contributed by atoms with Crippen LogP contribution in [-0.4, -0.2) is 28.6 Å². The van der Waals surface area contributed by atoms with Gasteiger partial charge in [-0.1, -0.05) is 6.42 Å². The summed E-state index contributed by atoms with van der Waals surface area (Å²) in [5, 5.41) is 9.14.